The Kier molecular flexibility index (Phi) is 4.98. The topological polar surface area (TPSA) is 9.23 Å². The number of ether oxygens (including phenoxy) is 1. The first-order valence-electron chi connectivity index (χ1n) is 3.20. The van der Waals surface area contributed by atoms with Gasteiger partial charge in [0.25, 0.3) is 0 Å². The van der Waals surface area contributed by atoms with E-state index in [1.807, 2.05) is 19.1 Å². The summed E-state index contributed by atoms with van der Waals surface area (Å²) in [4.78, 5) is 0. The van der Waals surface area contributed by atoms with E-state index in [1.165, 1.54) is 0 Å². The lowest BCUT2D eigenvalue weighted by atomic mass is 10.2. The van der Waals surface area contributed by atoms with Crippen LogP contribution < -0.4 is 0 Å². The highest BCUT2D eigenvalue weighted by atomic mass is 16.5. The van der Waals surface area contributed by atoms with Gasteiger partial charge in [0, 0.05) is 0 Å². The van der Waals surface area contributed by atoms with Crippen molar-refractivity contribution >= 4 is 0 Å². The second-order valence-corrected chi connectivity index (χ2v) is 2.18. The third-order valence-electron chi connectivity index (χ3n) is 0.757. The maximum absolute atomic E-state index is 4.93. The van der Waals surface area contributed by atoms with Gasteiger partial charge in [0.1, 0.15) is 0 Å². The first-order valence-corrected chi connectivity index (χ1v) is 3.20. The van der Waals surface area contributed by atoms with Crippen LogP contribution in [0.1, 0.15) is 20.8 Å². The molecule has 0 spiro atoms. The Balaban J connectivity index is 3.25. The molecule has 0 aliphatic rings. The molecule has 0 bridgehead atoms. The maximum atomic E-state index is 4.93. The Hall–Kier alpha value is -0.720. The first kappa shape index (κ1) is 8.28. The van der Waals surface area contributed by atoms with E-state index in [9.17, 15) is 0 Å². The van der Waals surface area contributed by atoms with Crippen molar-refractivity contribution in [2.75, 3.05) is 0 Å². The van der Waals surface area contributed by atoms with Crippen molar-refractivity contribution in [2.24, 2.45) is 5.92 Å². The molecular formula is C8H14O. The van der Waals surface area contributed by atoms with Crippen molar-refractivity contribution in [3.63, 3.8) is 0 Å². The van der Waals surface area contributed by atoms with Gasteiger partial charge in [-0.15, -0.1) is 0 Å². The van der Waals surface area contributed by atoms with Crippen molar-refractivity contribution in [1.29, 1.82) is 0 Å². The van der Waals surface area contributed by atoms with Gasteiger partial charge in [-0.3, -0.25) is 0 Å². The SMILES string of the molecule is C/C=C/O/C=C\C(C)C. The molecule has 1 nitrogen and oxygen atoms in total. The summed E-state index contributed by atoms with van der Waals surface area (Å²) in [6.45, 7) is 6.13. The lowest BCUT2D eigenvalue weighted by Gasteiger charge is -1.91. The Morgan fingerprint density at radius 3 is 2.33 bits per heavy atom. The molecule has 0 aromatic carbocycles. The molecule has 0 unspecified atom stereocenters. The minimum atomic E-state index is 0.565. The Morgan fingerprint density at radius 2 is 1.89 bits per heavy atom. The van der Waals surface area contributed by atoms with Crippen LogP contribution in [-0.4, -0.2) is 0 Å². The van der Waals surface area contributed by atoms with E-state index < -0.39 is 0 Å². The minimum Gasteiger partial charge on any atom is -0.473 e. The molecule has 0 saturated heterocycles. The van der Waals surface area contributed by atoms with Crippen LogP contribution in [0.2, 0.25) is 0 Å². The molecule has 0 aliphatic carbocycles. The standard InChI is InChI=1S/C8H14O/c1-4-6-9-7-5-8(2)3/h4-8H,1-3H3/b6-4+,7-5-. The summed E-state index contributed by atoms with van der Waals surface area (Å²) in [7, 11) is 0. The minimum absolute atomic E-state index is 0.565. The molecule has 0 atom stereocenters. The summed E-state index contributed by atoms with van der Waals surface area (Å²) in [5.41, 5.74) is 0. The van der Waals surface area contributed by atoms with Crippen molar-refractivity contribution in [3.05, 3.63) is 24.7 Å². The van der Waals surface area contributed by atoms with E-state index in [2.05, 4.69) is 13.8 Å². The van der Waals surface area contributed by atoms with Crippen molar-refractivity contribution in [2.45, 2.75) is 20.8 Å². The zero-order valence-electron chi connectivity index (χ0n) is 6.29. The predicted octanol–water partition coefficient (Wildman–Crippen LogP) is 2.71. The highest BCUT2D eigenvalue weighted by molar-refractivity contribution is 4.79. The molecule has 9 heavy (non-hydrogen) atoms. The fourth-order valence-electron chi connectivity index (χ4n) is 0.326. The van der Waals surface area contributed by atoms with Gasteiger partial charge in [-0.05, 0) is 18.9 Å². The van der Waals surface area contributed by atoms with Crippen LogP contribution in [0, 0.1) is 5.92 Å². The Labute approximate surface area is 57.0 Å². The molecule has 1 heteroatoms. The number of hydrogen-bond donors (Lipinski definition) is 0. The predicted molar refractivity (Wildman–Crippen MR) is 39.9 cm³/mol. The van der Waals surface area contributed by atoms with Crippen LogP contribution >= 0.6 is 0 Å². The molecule has 0 aliphatic heterocycles. The molecule has 0 amide bonds. The van der Waals surface area contributed by atoms with Crippen LogP contribution in [-0.2, 0) is 4.74 Å². The molecule has 0 fully saturated rings. The van der Waals surface area contributed by atoms with E-state index in [0.717, 1.165) is 0 Å². The average Bonchev–Trinajstić information content (AvgIpc) is 1.80. The monoisotopic (exact) mass is 126 g/mol. The number of rotatable bonds is 3. The van der Waals surface area contributed by atoms with Gasteiger partial charge in [-0.2, -0.15) is 0 Å². The zero-order valence-corrected chi connectivity index (χ0v) is 6.29. The van der Waals surface area contributed by atoms with Gasteiger partial charge >= 0.3 is 0 Å². The lowest BCUT2D eigenvalue weighted by Crippen LogP contribution is -1.76. The molecule has 0 heterocycles. The third kappa shape index (κ3) is 7.28. The third-order valence-corrected chi connectivity index (χ3v) is 0.757. The lowest BCUT2D eigenvalue weighted by molar-refractivity contribution is 0.397. The van der Waals surface area contributed by atoms with Crippen molar-refractivity contribution in [3.8, 4) is 0 Å². The second-order valence-electron chi connectivity index (χ2n) is 2.18. The molecule has 0 N–H and O–H groups in total. The van der Waals surface area contributed by atoms with Gasteiger partial charge in [0.2, 0.25) is 0 Å². The van der Waals surface area contributed by atoms with Crippen LogP contribution in [0.5, 0.6) is 0 Å². The molecule has 0 radical (unpaired) electrons. The summed E-state index contributed by atoms with van der Waals surface area (Å²) < 4.78 is 4.93. The average molecular weight is 126 g/mol. The number of allylic oxidation sites excluding steroid dienone is 2. The summed E-state index contributed by atoms with van der Waals surface area (Å²) in [5, 5.41) is 0. The van der Waals surface area contributed by atoms with Crippen LogP contribution in [0.3, 0.4) is 0 Å². The smallest absolute Gasteiger partial charge is 0.0863 e. The Bertz CT molecular complexity index is 101. The van der Waals surface area contributed by atoms with Gasteiger partial charge in [0.05, 0.1) is 12.5 Å². The van der Waals surface area contributed by atoms with E-state index in [4.69, 9.17) is 4.74 Å². The van der Waals surface area contributed by atoms with E-state index in [0.29, 0.717) is 5.92 Å². The van der Waals surface area contributed by atoms with Crippen LogP contribution in [0.15, 0.2) is 24.7 Å². The molecule has 0 rings (SSSR count). The van der Waals surface area contributed by atoms with Gasteiger partial charge in [-0.1, -0.05) is 19.9 Å². The van der Waals surface area contributed by atoms with E-state index in [-0.39, 0.29) is 0 Å². The van der Waals surface area contributed by atoms with Crippen molar-refractivity contribution < 1.29 is 4.74 Å². The summed E-state index contributed by atoms with van der Waals surface area (Å²) in [6.07, 6.45) is 7.20. The fraction of sp³-hybridized carbons (Fsp3) is 0.500. The maximum Gasteiger partial charge on any atom is 0.0863 e. The Morgan fingerprint density at radius 1 is 1.22 bits per heavy atom. The van der Waals surface area contributed by atoms with Gasteiger partial charge in [-0.25, -0.2) is 0 Å². The van der Waals surface area contributed by atoms with Crippen molar-refractivity contribution in [1.82, 2.24) is 0 Å². The van der Waals surface area contributed by atoms with Crippen LogP contribution in [0.4, 0.5) is 0 Å². The summed E-state index contributed by atoms with van der Waals surface area (Å²) >= 11 is 0. The van der Waals surface area contributed by atoms with Gasteiger partial charge < -0.3 is 4.74 Å². The highest BCUT2D eigenvalue weighted by Crippen LogP contribution is 1.93. The largest absolute Gasteiger partial charge is 0.473 e. The fourth-order valence-corrected chi connectivity index (χ4v) is 0.326. The second kappa shape index (κ2) is 5.42. The first-order chi connectivity index (χ1) is 4.27. The zero-order chi connectivity index (χ0) is 7.11. The highest BCUT2D eigenvalue weighted by Gasteiger charge is 1.80. The van der Waals surface area contributed by atoms with Crippen LogP contribution in [0.25, 0.3) is 0 Å². The molecule has 0 aromatic rings. The summed E-state index contributed by atoms with van der Waals surface area (Å²) in [6, 6.07) is 0. The molecule has 0 saturated carbocycles. The summed E-state index contributed by atoms with van der Waals surface area (Å²) in [5.74, 6) is 0.565. The number of hydrogen-bond acceptors (Lipinski definition) is 1. The normalized spacial score (nSPS) is 12.0. The quantitative estimate of drug-likeness (QED) is 0.528. The van der Waals surface area contributed by atoms with Gasteiger partial charge in [0.15, 0.2) is 0 Å². The molecule has 52 valence electrons. The molecular weight excluding hydrogens is 112 g/mol. The molecule has 0 aromatic heterocycles. The van der Waals surface area contributed by atoms with E-state index in [1.54, 1.807) is 12.5 Å². The van der Waals surface area contributed by atoms with E-state index >= 15 is 0 Å².